The van der Waals surface area contributed by atoms with Crippen LogP contribution in [0.2, 0.25) is 0 Å². The van der Waals surface area contributed by atoms with Crippen LogP contribution in [0.5, 0.6) is 0 Å². The minimum atomic E-state index is -0.266. The number of hydrogen-bond acceptors (Lipinski definition) is 7. The zero-order valence-corrected chi connectivity index (χ0v) is 19.2. The number of morpholine rings is 1. The monoisotopic (exact) mass is 466 g/mol. The lowest BCUT2D eigenvalue weighted by Crippen LogP contribution is -2.43. The Morgan fingerprint density at radius 1 is 1.12 bits per heavy atom. The summed E-state index contributed by atoms with van der Waals surface area (Å²) in [4.78, 5) is 33.4. The third-order valence-electron chi connectivity index (χ3n) is 6.41. The van der Waals surface area contributed by atoms with Gasteiger partial charge in [-0.05, 0) is 36.8 Å². The van der Waals surface area contributed by atoms with Crippen LogP contribution in [0.25, 0.3) is 11.4 Å². The molecule has 172 valence electrons. The summed E-state index contributed by atoms with van der Waals surface area (Å²) in [5, 5.41) is 9.22. The number of amides is 2. The van der Waals surface area contributed by atoms with Crippen molar-refractivity contribution in [3.05, 3.63) is 58.1 Å². The zero-order chi connectivity index (χ0) is 22.8. The van der Waals surface area contributed by atoms with Crippen molar-refractivity contribution in [2.45, 2.75) is 31.7 Å². The topological polar surface area (TPSA) is 97.6 Å². The Morgan fingerprint density at radius 2 is 1.91 bits per heavy atom. The molecule has 5 rings (SSSR count). The molecule has 2 aromatic heterocycles. The summed E-state index contributed by atoms with van der Waals surface area (Å²) in [6, 6.07) is 11.3. The van der Waals surface area contributed by atoms with E-state index in [-0.39, 0.29) is 29.7 Å². The Balaban J connectivity index is 1.39. The maximum atomic E-state index is 13.2. The molecule has 3 atom stereocenters. The number of benzene rings is 1. The van der Waals surface area contributed by atoms with Gasteiger partial charge in [-0.1, -0.05) is 35.5 Å². The number of rotatable bonds is 5. The van der Waals surface area contributed by atoms with E-state index >= 15 is 0 Å². The molecular formula is C24H26N4O4S. The van der Waals surface area contributed by atoms with Crippen LogP contribution in [0, 0.1) is 12.8 Å². The first-order valence-corrected chi connectivity index (χ1v) is 12.1. The largest absolute Gasteiger partial charge is 0.378 e. The van der Waals surface area contributed by atoms with Crippen molar-refractivity contribution < 1.29 is 18.8 Å². The Labute approximate surface area is 195 Å². The molecular weight excluding hydrogens is 440 g/mol. The molecule has 2 aliphatic rings. The number of aromatic nitrogens is 2. The van der Waals surface area contributed by atoms with E-state index in [9.17, 15) is 9.59 Å². The fourth-order valence-corrected chi connectivity index (χ4v) is 5.47. The molecule has 3 heterocycles. The fourth-order valence-electron chi connectivity index (χ4n) is 4.64. The maximum Gasteiger partial charge on any atom is 0.261 e. The van der Waals surface area contributed by atoms with E-state index in [0.717, 1.165) is 11.1 Å². The number of carbonyl (C=O) groups is 2. The summed E-state index contributed by atoms with van der Waals surface area (Å²) in [6.07, 6.45) is 1.10. The van der Waals surface area contributed by atoms with Crippen LogP contribution >= 0.6 is 11.3 Å². The van der Waals surface area contributed by atoms with E-state index in [1.807, 2.05) is 53.6 Å². The number of ether oxygens (including phenoxy) is 1. The lowest BCUT2D eigenvalue weighted by molar-refractivity contribution is -0.139. The van der Waals surface area contributed by atoms with Crippen molar-refractivity contribution in [2.75, 3.05) is 26.3 Å². The molecule has 1 saturated heterocycles. The van der Waals surface area contributed by atoms with E-state index in [1.54, 1.807) is 0 Å². The third-order valence-corrected chi connectivity index (χ3v) is 7.43. The van der Waals surface area contributed by atoms with E-state index in [1.165, 1.54) is 11.3 Å². The van der Waals surface area contributed by atoms with Gasteiger partial charge in [-0.3, -0.25) is 9.59 Å². The molecule has 8 nitrogen and oxygen atoms in total. The molecule has 0 bridgehead atoms. The number of hydrogen-bond donors (Lipinski definition) is 1. The van der Waals surface area contributed by atoms with Crippen LogP contribution in [0.15, 0.2) is 46.3 Å². The predicted molar refractivity (Wildman–Crippen MR) is 123 cm³/mol. The van der Waals surface area contributed by atoms with Gasteiger partial charge in [0, 0.05) is 30.6 Å². The average Bonchev–Trinajstić information content (AvgIpc) is 3.59. The van der Waals surface area contributed by atoms with Crippen LogP contribution in [0.3, 0.4) is 0 Å². The first-order chi connectivity index (χ1) is 16.1. The van der Waals surface area contributed by atoms with Crippen LogP contribution in [0.4, 0.5) is 0 Å². The molecule has 3 aromatic rings. The molecule has 33 heavy (non-hydrogen) atoms. The molecule has 1 N–H and O–H groups in total. The molecule has 1 saturated carbocycles. The maximum absolute atomic E-state index is 13.2. The van der Waals surface area contributed by atoms with Gasteiger partial charge in [0.1, 0.15) is 0 Å². The SMILES string of the molecule is Cc1ccsc1C(=O)N[C@H]1C[C@H](C(=O)N2CCOCC2)C[C@H]1c1nc(-c2ccccc2)no1. The summed E-state index contributed by atoms with van der Waals surface area (Å²) < 4.78 is 11.0. The highest BCUT2D eigenvalue weighted by atomic mass is 32.1. The molecule has 9 heteroatoms. The molecule has 0 radical (unpaired) electrons. The van der Waals surface area contributed by atoms with Gasteiger partial charge in [0.15, 0.2) is 0 Å². The fraction of sp³-hybridized carbons (Fsp3) is 0.417. The molecule has 2 amide bonds. The van der Waals surface area contributed by atoms with E-state index in [2.05, 4.69) is 15.5 Å². The van der Waals surface area contributed by atoms with Crippen molar-refractivity contribution in [2.24, 2.45) is 5.92 Å². The number of nitrogens with zero attached hydrogens (tertiary/aromatic N) is 3. The van der Waals surface area contributed by atoms with Crippen LogP contribution in [-0.2, 0) is 9.53 Å². The van der Waals surface area contributed by atoms with Gasteiger partial charge in [-0.2, -0.15) is 4.98 Å². The van der Waals surface area contributed by atoms with Crippen LogP contribution in [0.1, 0.15) is 39.9 Å². The highest BCUT2D eigenvalue weighted by Crippen LogP contribution is 2.40. The minimum Gasteiger partial charge on any atom is -0.378 e. The Hall–Kier alpha value is -3.04. The molecule has 0 spiro atoms. The quantitative estimate of drug-likeness (QED) is 0.620. The zero-order valence-electron chi connectivity index (χ0n) is 18.4. The van der Waals surface area contributed by atoms with Gasteiger partial charge in [-0.25, -0.2) is 0 Å². The second-order valence-electron chi connectivity index (χ2n) is 8.55. The average molecular weight is 467 g/mol. The van der Waals surface area contributed by atoms with Crippen LogP contribution < -0.4 is 5.32 Å². The lowest BCUT2D eigenvalue weighted by Gasteiger charge is -2.29. The third kappa shape index (κ3) is 4.56. The number of thiophene rings is 1. The summed E-state index contributed by atoms with van der Waals surface area (Å²) in [7, 11) is 0. The van der Waals surface area contributed by atoms with Crippen molar-refractivity contribution in [3.63, 3.8) is 0 Å². The van der Waals surface area contributed by atoms with Gasteiger partial charge < -0.3 is 19.5 Å². The summed E-state index contributed by atoms with van der Waals surface area (Å²) in [6.45, 7) is 4.24. The predicted octanol–water partition coefficient (Wildman–Crippen LogP) is 3.26. The highest BCUT2D eigenvalue weighted by molar-refractivity contribution is 7.12. The van der Waals surface area contributed by atoms with Crippen molar-refractivity contribution in [1.29, 1.82) is 0 Å². The summed E-state index contributed by atoms with van der Waals surface area (Å²) >= 11 is 1.42. The van der Waals surface area contributed by atoms with E-state index < -0.39 is 0 Å². The normalized spacial score (nSPS) is 22.9. The first-order valence-electron chi connectivity index (χ1n) is 11.2. The number of aryl methyl sites for hydroxylation is 1. The molecule has 0 unspecified atom stereocenters. The second kappa shape index (κ2) is 9.44. The summed E-state index contributed by atoms with van der Waals surface area (Å²) in [5.74, 6) is 0.506. The Bertz CT molecular complexity index is 1120. The highest BCUT2D eigenvalue weighted by Gasteiger charge is 2.44. The summed E-state index contributed by atoms with van der Waals surface area (Å²) in [5.41, 5.74) is 1.80. The van der Waals surface area contributed by atoms with Gasteiger partial charge >= 0.3 is 0 Å². The Kier molecular flexibility index (Phi) is 6.24. The van der Waals surface area contributed by atoms with Gasteiger partial charge in [0.05, 0.1) is 24.0 Å². The second-order valence-corrected chi connectivity index (χ2v) is 9.46. The van der Waals surface area contributed by atoms with Crippen molar-refractivity contribution in [1.82, 2.24) is 20.4 Å². The molecule has 1 aliphatic carbocycles. The molecule has 1 aromatic carbocycles. The van der Waals surface area contributed by atoms with E-state index in [0.29, 0.717) is 55.7 Å². The smallest absolute Gasteiger partial charge is 0.261 e. The van der Waals surface area contributed by atoms with Gasteiger partial charge in [0.2, 0.25) is 17.6 Å². The van der Waals surface area contributed by atoms with E-state index in [4.69, 9.17) is 9.26 Å². The molecule has 1 aliphatic heterocycles. The van der Waals surface area contributed by atoms with Crippen molar-refractivity contribution in [3.8, 4) is 11.4 Å². The van der Waals surface area contributed by atoms with Gasteiger partial charge in [-0.15, -0.1) is 11.3 Å². The van der Waals surface area contributed by atoms with Gasteiger partial charge in [0.25, 0.3) is 5.91 Å². The van der Waals surface area contributed by atoms with Crippen LogP contribution in [-0.4, -0.2) is 59.2 Å². The van der Waals surface area contributed by atoms with Crippen molar-refractivity contribution >= 4 is 23.2 Å². The first kappa shape index (κ1) is 21.8. The molecule has 2 fully saturated rings. The Morgan fingerprint density at radius 3 is 2.64 bits per heavy atom. The minimum absolute atomic E-state index is 0.107. The lowest BCUT2D eigenvalue weighted by atomic mass is 10.0. The standard InChI is InChI=1S/C24H26N4O4S/c1-15-7-12-33-20(15)22(29)25-19-14-17(24(30)28-8-10-31-11-9-28)13-18(19)23-26-21(27-32-23)16-5-3-2-4-6-16/h2-7,12,17-19H,8-11,13-14H2,1H3,(H,25,29)/t17-,18-,19+/m1/s1. The number of carbonyl (C=O) groups excluding carboxylic acids is 2. The number of nitrogens with one attached hydrogen (secondary N) is 1.